The van der Waals surface area contributed by atoms with Gasteiger partial charge in [-0.3, -0.25) is 4.90 Å². The Labute approximate surface area is 173 Å². The van der Waals surface area contributed by atoms with Gasteiger partial charge in [0.2, 0.25) is 10.0 Å². The standard InChI is InChI=1S/C17H17ClN4O2S2.ClH/c18-14-6-4-13(5-7-14)12-21-8-10-22(11-9-21)26(23,24)16-3-1-2-15-17(16)20-25-19-15;/h1-7H,8-12H2;1H/p-1. The Kier molecular flexibility index (Phi) is 6.35. The van der Waals surface area contributed by atoms with Crippen LogP contribution in [-0.2, 0) is 16.6 Å². The Morgan fingerprint density at radius 3 is 2.41 bits per heavy atom. The molecular formula is C17H17Cl2N4O2S2-. The number of sulfonamides is 1. The first-order valence-electron chi connectivity index (χ1n) is 8.22. The van der Waals surface area contributed by atoms with Gasteiger partial charge < -0.3 is 12.4 Å². The molecule has 0 aliphatic carbocycles. The molecule has 1 aromatic heterocycles. The minimum atomic E-state index is -3.57. The summed E-state index contributed by atoms with van der Waals surface area (Å²) in [5.41, 5.74) is 2.25. The molecule has 0 atom stereocenters. The van der Waals surface area contributed by atoms with Crippen molar-refractivity contribution in [2.75, 3.05) is 26.2 Å². The Balaban J connectivity index is 0.00000210. The van der Waals surface area contributed by atoms with Gasteiger partial charge in [-0.05, 0) is 29.8 Å². The molecule has 0 saturated carbocycles. The second kappa shape index (κ2) is 8.38. The van der Waals surface area contributed by atoms with Crippen LogP contribution in [0, 0.1) is 0 Å². The minimum absolute atomic E-state index is 0. The molecule has 10 heteroatoms. The van der Waals surface area contributed by atoms with E-state index in [1.54, 1.807) is 22.5 Å². The molecule has 0 N–H and O–H groups in total. The van der Waals surface area contributed by atoms with Crippen LogP contribution in [0.4, 0.5) is 0 Å². The summed E-state index contributed by atoms with van der Waals surface area (Å²) >= 11 is 6.95. The van der Waals surface area contributed by atoms with E-state index in [4.69, 9.17) is 11.6 Å². The number of piperazine rings is 1. The van der Waals surface area contributed by atoms with E-state index in [1.165, 1.54) is 5.56 Å². The fourth-order valence-corrected chi connectivity index (χ4v) is 5.41. The van der Waals surface area contributed by atoms with Gasteiger partial charge in [-0.25, -0.2) is 8.42 Å². The normalized spacial score (nSPS) is 16.3. The van der Waals surface area contributed by atoms with Crippen LogP contribution in [-0.4, -0.2) is 52.5 Å². The molecule has 0 amide bonds. The van der Waals surface area contributed by atoms with Gasteiger partial charge in [0, 0.05) is 37.7 Å². The number of benzene rings is 2. The van der Waals surface area contributed by atoms with Gasteiger partial charge in [-0.1, -0.05) is 29.8 Å². The first-order valence-corrected chi connectivity index (χ1v) is 10.8. The number of fused-ring (bicyclic) bond motifs is 1. The Morgan fingerprint density at radius 1 is 1.00 bits per heavy atom. The van der Waals surface area contributed by atoms with E-state index in [0.29, 0.717) is 37.2 Å². The molecule has 0 unspecified atom stereocenters. The van der Waals surface area contributed by atoms with E-state index in [0.717, 1.165) is 23.3 Å². The zero-order valence-electron chi connectivity index (χ0n) is 14.3. The maximum Gasteiger partial charge on any atom is 0.245 e. The van der Waals surface area contributed by atoms with Crippen LogP contribution in [0.15, 0.2) is 47.4 Å². The highest BCUT2D eigenvalue weighted by atomic mass is 35.5. The second-order valence-corrected chi connectivity index (χ2v) is 9.07. The summed E-state index contributed by atoms with van der Waals surface area (Å²) < 4.78 is 35.9. The van der Waals surface area contributed by atoms with Crippen LogP contribution in [0.25, 0.3) is 11.0 Å². The molecule has 4 rings (SSSR count). The molecule has 2 aromatic carbocycles. The first-order chi connectivity index (χ1) is 12.5. The van der Waals surface area contributed by atoms with Crippen LogP contribution in [0.5, 0.6) is 0 Å². The average Bonchev–Trinajstić information content (AvgIpc) is 3.13. The lowest BCUT2D eigenvalue weighted by Crippen LogP contribution is -3.00. The Bertz CT molecular complexity index is 1020. The summed E-state index contributed by atoms with van der Waals surface area (Å²) in [4.78, 5) is 2.50. The van der Waals surface area contributed by atoms with Crippen molar-refractivity contribution in [2.24, 2.45) is 0 Å². The Morgan fingerprint density at radius 2 is 1.70 bits per heavy atom. The molecule has 1 aliphatic rings. The van der Waals surface area contributed by atoms with Crippen LogP contribution in [0.2, 0.25) is 5.02 Å². The van der Waals surface area contributed by atoms with Gasteiger partial charge in [-0.2, -0.15) is 13.1 Å². The molecule has 0 radical (unpaired) electrons. The van der Waals surface area contributed by atoms with Crippen molar-refractivity contribution in [1.29, 1.82) is 0 Å². The maximum absolute atomic E-state index is 13.0. The average molecular weight is 444 g/mol. The highest BCUT2D eigenvalue weighted by Gasteiger charge is 2.30. The van der Waals surface area contributed by atoms with Crippen molar-refractivity contribution < 1.29 is 20.8 Å². The fourth-order valence-electron chi connectivity index (χ4n) is 3.10. The van der Waals surface area contributed by atoms with Crippen molar-refractivity contribution in [3.05, 3.63) is 53.1 Å². The molecule has 1 fully saturated rings. The van der Waals surface area contributed by atoms with Crippen LogP contribution >= 0.6 is 23.3 Å². The molecule has 6 nitrogen and oxygen atoms in total. The van der Waals surface area contributed by atoms with Crippen molar-refractivity contribution in [2.45, 2.75) is 11.4 Å². The molecule has 0 bridgehead atoms. The van der Waals surface area contributed by atoms with Crippen molar-refractivity contribution in [3.8, 4) is 0 Å². The topological polar surface area (TPSA) is 66.4 Å². The lowest BCUT2D eigenvalue weighted by Gasteiger charge is -2.34. The van der Waals surface area contributed by atoms with Gasteiger partial charge in [-0.15, -0.1) is 0 Å². The number of aromatic nitrogens is 2. The summed E-state index contributed by atoms with van der Waals surface area (Å²) in [6.07, 6.45) is 0. The predicted molar refractivity (Wildman–Crippen MR) is 103 cm³/mol. The van der Waals surface area contributed by atoms with Gasteiger partial charge >= 0.3 is 0 Å². The van der Waals surface area contributed by atoms with E-state index in [-0.39, 0.29) is 17.3 Å². The summed E-state index contributed by atoms with van der Waals surface area (Å²) in [6.45, 7) is 3.09. The molecule has 1 saturated heterocycles. The molecule has 1 aliphatic heterocycles. The largest absolute Gasteiger partial charge is 1.00 e. The summed E-state index contributed by atoms with van der Waals surface area (Å²) in [5.74, 6) is 0. The van der Waals surface area contributed by atoms with Gasteiger partial charge in [0.15, 0.2) is 0 Å². The van der Waals surface area contributed by atoms with E-state index in [9.17, 15) is 8.42 Å². The summed E-state index contributed by atoms with van der Waals surface area (Å²) in [6, 6.07) is 12.9. The number of nitrogens with zero attached hydrogens (tertiary/aromatic N) is 4. The van der Waals surface area contributed by atoms with Gasteiger partial charge in [0.25, 0.3) is 0 Å². The molecule has 144 valence electrons. The van der Waals surface area contributed by atoms with E-state index >= 15 is 0 Å². The first kappa shape index (κ1) is 20.4. The fraction of sp³-hybridized carbons (Fsp3) is 0.294. The quantitative estimate of drug-likeness (QED) is 0.561. The Hall–Kier alpha value is -1.29. The third kappa shape index (κ3) is 4.26. The third-order valence-electron chi connectivity index (χ3n) is 4.52. The predicted octanol–water partition coefficient (Wildman–Crippen LogP) is -0.145. The van der Waals surface area contributed by atoms with Crippen molar-refractivity contribution in [1.82, 2.24) is 18.0 Å². The lowest BCUT2D eigenvalue weighted by molar-refractivity contribution is -0.00000793. The highest BCUT2D eigenvalue weighted by Crippen LogP contribution is 2.25. The van der Waals surface area contributed by atoms with E-state index in [1.807, 2.05) is 24.3 Å². The number of hydrogen-bond donors (Lipinski definition) is 0. The molecule has 27 heavy (non-hydrogen) atoms. The third-order valence-corrected chi connectivity index (χ3v) is 7.24. The summed E-state index contributed by atoms with van der Waals surface area (Å²) in [5, 5.41) is 0.718. The second-order valence-electron chi connectivity index (χ2n) is 6.19. The van der Waals surface area contributed by atoms with Crippen LogP contribution in [0.1, 0.15) is 5.56 Å². The van der Waals surface area contributed by atoms with Gasteiger partial charge in [0.05, 0.1) is 11.7 Å². The smallest absolute Gasteiger partial charge is 0.245 e. The number of halogens is 2. The van der Waals surface area contributed by atoms with Crippen molar-refractivity contribution >= 4 is 44.4 Å². The monoisotopic (exact) mass is 443 g/mol. The zero-order chi connectivity index (χ0) is 18.1. The van der Waals surface area contributed by atoms with Crippen LogP contribution < -0.4 is 12.4 Å². The molecule has 2 heterocycles. The molecular weight excluding hydrogens is 427 g/mol. The number of rotatable bonds is 4. The highest BCUT2D eigenvalue weighted by molar-refractivity contribution is 7.89. The van der Waals surface area contributed by atoms with Crippen molar-refractivity contribution in [3.63, 3.8) is 0 Å². The molecule has 0 spiro atoms. The lowest BCUT2D eigenvalue weighted by atomic mass is 10.2. The number of hydrogen-bond acceptors (Lipinski definition) is 6. The SMILES string of the molecule is O=S(=O)(c1cccc2nsnc12)N1CCN(Cc2ccc(Cl)cc2)CC1.[Cl-]. The van der Waals surface area contributed by atoms with Crippen LogP contribution in [0.3, 0.4) is 0 Å². The maximum atomic E-state index is 13.0. The van der Waals surface area contributed by atoms with E-state index in [2.05, 4.69) is 13.6 Å². The van der Waals surface area contributed by atoms with Gasteiger partial charge in [0.1, 0.15) is 15.9 Å². The minimum Gasteiger partial charge on any atom is -1.00 e. The zero-order valence-corrected chi connectivity index (χ0v) is 17.4. The van der Waals surface area contributed by atoms with E-state index < -0.39 is 10.0 Å². The molecule has 3 aromatic rings. The summed E-state index contributed by atoms with van der Waals surface area (Å²) in [7, 11) is -3.57.